The molecule has 8 nitrogen and oxygen atoms in total. The van der Waals surface area contributed by atoms with Crippen LogP contribution in [-0.4, -0.2) is 30.5 Å². The monoisotopic (exact) mass is 498 g/mol. The van der Waals surface area contributed by atoms with E-state index < -0.39 is 11.8 Å². The highest BCUT2D eigenvalue weighted by atomic mass is 35.5. The highest BCUT2D eigenvalue weighted by Crippen LogP contribution is 2.25. The SMILES string of the molecule is Cc1ccc(NC(=O)COc2ccc(/C=N\NC(=O)C(=O)Nc3cccc(Cl)c3)cc2Cl)cc1. The highest BCUT2D eigenvalue weighted by molar-refractivity contribution is 6.39. The van der Waals surface area contributed by atoms with Crippen LogP contribution in [0.25, 0.3) is 0 Å². The number of aryl methyl sites for hydroxylation is 1. The van der Waals surface area contributed by atoms with Gasteiger partial charge < -0.3 is 15.4 Å². The smallest absolute Gasteiger partial charge is 0.329 e. The lowest BCUT2D eigenvalue weighted by Gasteiger charge is -2.09. The van der Waals surface area contributed by atoms with Gasteiger partial charge in [0.2, 0.25) is 0 Å². The summed E-state index contributed by atoms with van der Waals surface area (Å²) >= 11 is 12.0. The van der Waals surface area contributed by atoms with Crippen LogP contribution in [0, 0.1) is 6.92 Å². The molecule has 3 aromatic rings. The topological polar surface area (TPSA) is 109 Å². The van der Waals surface area contributed by atoms with Crippen molar-refractivity contribution in [3.05, 3.63) is 87.9 Å². The number of carbonyl (C=O) groups excluding carboxylic acids is 3. The average molecular weight is 499 g/mol. The lowest BCUT2D eigenvalue weighted by Crippen LogP contribution is -2.32. The van der Waals surface area contributed by atoms with Gasteiger partial charge in [-0.3, -0.25) is 14.4 Å². The minimum atomic E-state index is -0.957. The Kier molecular flexibility index (Phi) is 8.61. The van der Waals surface area contributed by atoms with Crippen molar-refractivity contribution >= 4 is 58.5 Å². The summed E-state index contributed by atoms with van der Waals surface area (Å²) in [6, 6.07) is 18.5. The number of halogens is 2. The first-order valence-corrected chi connectivity index (χ1v) is 10.7. The van der Waals surface area contributed by atoms with Crippen molar-refractivity contribution in [2.45, 2.75) is 6.92 Å². The molecule has 34 heavy (non-hydrogen) atoms. The van der Waals surface area contributed by atoms with E-state index in [1.165, 1.54) is 18.3 Å². The summed E-state index contributed by atoms with van der Waals surface area (Å²) in [5, 5.41) is 9.55. The van der Waals surface area contributed by atoms with Crippen LogP contribution in [-0.2, 0) is 14.4 Å². The van der Waals surface area contributed by atoms with E-state index in [1.54, 1.807) is 42.5 Å². The second-order valence-electron chi connectivity index (χ2n) is 7.06. The molecule has 0 saturated carbocycles. The quantitative estimate of drug-likeness (QED) is 0.254. The number of hydrogen-bond donors (Lipinski definition) is 3. The van der Waals surface area contributed by atoms with Crippen molar-refractivity contribution in [2.75, 3.05) is 17.2 Å². The summed E-state index contributed by atoms with van der Waals surface area (Å²) in [5.41, 5.74) is 4.80. The molecule has 10 heteroatoms. The fourth-order valence-electron chi connectivity index (χ4n) is 2.66. The number of benzene rings is 3. The highest BCUT2D eigenvalue weighted by Gasteiger charge is 2.13. The summed E-state index contributed by atoms with van der Waals surface area (Å²) < 4.78 is 5.47. The molecule has 0 bridgehead atoms. The molecule has 0 aliphatic rings. The van der Waals surface area contributed by atoms with Gasteiger partial charge in [0, 0.05) is 16.4 Å². The zero-order valence-corrected chi connectivity index (χ0v) is 19.5. The van der Waals surface area contributed by atoms with E-state index in [1.807, 2.05) is 19.1 Å². The van der Waals surface area contributed by atoms with Gasteiger partial charge in [-0.15, -0.1) is 0 Å². The van der Waals surface area contributed by atoms with Crippen LogP contribution < -0.4 is 20.8 Å². The van der Waals surface area contributed by atoms with Crippen LogP contribution in [0.4, 0.5) is 11.4 Å². The zero-order valence-electron chi connectivity index (χ0n) is 18.0. The van der Waals surface area contributed by atoms with E-state index in [4.69, 9.17) is 27.9 Å². The van der Waals surface area contributed by atoms with E-state index in [0.29, 0.717) is 27.7 Å². The molecule has 0 heterocycles. The van der Waals surface area contributed by atoms with Crippen molar-refractivity contribution in [2.24, 2.45) is 5.10 Å². The van der Waals surface area contributed by atoms with Crippen molar-refractivity contribution in [1.29, 1.82) is 0 Å². The van der Waals surface area contributed by atoms with E-state index in [0.717, 1.165) is 5.56 Å². The Morgan fingerprint density at radius 3 is 2.38 bits per heavy atom. The Labute approximate surface area is 205 Å². The molecule has 3 aromatic carbocycles. The van der Waals surface area contributed by atoms with E-state index in [9.17, 15) is 14.4 Å². The molecule has 3 amide bonds. The van der Waals surface area contributed by atoms with Crippen LogP contribution in [0.5, 0.6) is 5.75 Å². The van der Waals surface area contributed by atoms with Gasteiger partial charge in [-0.05, 0) is 61.0 Å². The molecule has 0 unspecified atom stereocenters. The summed E-state index contributed by atoms with van der Waals surface area (Å²) in [6.07, 6.45) is 1.31. The number of carbonyl (C=O) groups is 3. The molecular formula is C24H20Cl2N4O4. The van der Waals surface area contributed by atoms with Gasteiger partial charge in [0.1, 0.15) is 5.75 Å². The second kappa shape index (κ2) is 11.8. The lowest BCUT2D eigenvalue weighted by molar-refractivity contribution is -0.136. The molecule has 0 aliphatic heterocycles. The third-order valence-corrected chi connectivity index (χ3v) is 4.85. The van der Waals surface area contributed by atoms with Gasteiger partial charge in [-0.25, -0.2) is 5.43 Å². The van der Waals surface area contributed by atoms with E-state index in [2.05, 4.69) is 21.2 Å². The fourth-order valence-corrected chi connectivity index (χ4v) is 3.10. The first-order chi connectivity index (χ1) is 16.3. The van der Waals surface area contributed by atoms with Gasteiger partial charge in [0.25, 0.3) is 5.91 Å². The Bertz CT molecular complexity index is 1230. The van der Waals surface area contributed by atoms with Crippen LogP contribution in [0.3, 0.4) is 0 Å². The summed E-state index contributed by atoms with van der Waals surface area (Å²) in [6.45, 7) is 1.73. The van der Waals surface area contributed by atoms with Gasteiger partial charge in [-0.2, -0.15) is 5.10 Å². The number of nitrogens with one attached hydrogen (secondary N) is 3. The predicted molar refractivity (Wildman–Crippen MR) is 133 cm³/mol. The molecular weight excluding hydrogens is 479 g/mol. The normalized spacial score (nSPS) is 10.6. The molecule has 0 radical (unpaired) electrons. The Hall–Kier alpha value is -3.88. The van der Waals surface area contributed by atoms with E-state index >= 15 is 0 Å². The van der Waals surface area contributed by atoms with Crippen LogP contribution >= 0.6 is 23.2 Å². The van der Waals surface area contributed by atoms with Crippen LogP contribution in [0.1, 0.15) is 11.1 Å². The second-order valence-corrected chi connectivity index (χ2v) is 7.90. The number of anilines is 2. The van der Waals surface area contributed by atoms with Gasteiger partial charge >= 0.3 is 11.8 Å². The van der Waals surface area contributed by atoms with Gasteiger partial charge in [0.05, 0.1) is 11.2 Å². The first kappa shape index (κ1) is 24.8. The standard InChI is InChI=1S/C24H20Cl2N4O4/c1-15-5-8-18(9-6-15)28-22(31)14-34-21-10-7-16(11-20(21)26)13-27-30-24(33)23(32)29-19-4-2-3-17(25)12-19/h2-13H,14H2,1H3,(H,28,31)(H,29,32)(H,30,33)/b27-13-. The third kappa shape index (κ3) is 7.61. The number of hydrazone groups is 1. The molecule has 0 atom stereocenters. The summed E-state index contributed by atoms with van der Waals surface area (Å²) in [5.74, 6) is -1.88. The molecule has 0 fully saturated rings. The van der Waals surface area contributed by atoms with Crippen molar-refractivity contribution in [1.82, 2.24) is 5.43 Å². The fraction of sp³-hybridized carbons (Fsp3) is 0.0833. The molecule has 174 valence electrons. The van der Waals surface area contributed by atoms with Gasteiger partial charge in [0.15, 0.2) is 6.61 Å². The number of hydrogen-bond acceptors (Lipinski definition) is 5. The summed E-state index contributed by atoms with van der Waals surface area (Å²) in [4.78, 5) is 35.9. The molecule has 0 spiro atoms. The molecule has 0 aromatic heterocycles. The number of amides is 3. The maximum atomic E-state index is 12.1. The third-order valence-electron chi connectivity index (χ3n) is 4.32. The van der Waals surface area contributed by atoms with Gasteiger partial charge in [-0.1, -0.05) is 47.0 Å². The Morgan fingerprint density at radius 2 is 1.68 bits per heavy atom. The van der Waals surface area contributed by atoms with Crippen LogP contribution in [0.15, 0.2) is 71.8 Å². The minimum absolute atomic E-state index is 0.223. The molecule has 3 N–H and O–H groups in total. The van der Waals surface area contributed by atoms with E-state index in [-0.39, 0.29) is 17.5 Å². The Balaban J connectivity index is 1.48. The maximum absolute atomic E-state index is 12.1. The molecule has 3 rings (SSSR count). The minimum Gasteiger partial charge on any atom is -0.482 e. The van der Waals surface area contributed by atoms with Crippen molar-refractivity contribution in [3.63, 3.8) is 0 Å². The largest absolute Gasteiger partial charge is 0.482 e. The van der Waals surface area contributed by atoms with Crippen molar-refractivity contribution < 1.29 is 19.1 Å². The average Bonchev–Trinajstić information content (AvgIpc) is 2.80. The van der Waals surface area contributed by atoms with Crippen LogP contribution in [0.2, 0.25) is 10.0 Å². The summed E-state index contributed by atoms with van der Waals surface area (Å²) in [7, 11) is 0. The van der Waals surface area contributed by atoms with Crippen molar-refractivity contribution in [3.8, 4) is 5.75 Å². The first-order valence-electron chi connectivity index (χ1n) is 9.99. The lowest BCUT2D eigenvalue weighted by atomic mass is 10.2. The zero-order chi connectivity index (χ0) is 24.5. The Morgan fingerprint density at radius 1 is 0.912 bits per heavy atom. The predicted octanol–water partition coefficient (Wildman–Crippen LogP) is 4.41. The number of nitrogens with zero attached hydrogens (tertiary/aromatic N) is 1. The maximum Gasteiger partial charge on any atom is 0.329 e. The molecule has 0 saturated heterocycles. The number of rotatable bonds is 7. The number of ether oxygens (including phenoxy) is 1. The molecule has 0 aliphatic carbocycles.